The Morgan fingerprint density at radius 1 is 1.47 bits per heavy atom. The molecule has 0 bridgehead atoms. The summed E-state index contributed by atoms with van der Waals surface area (Å²) in [5, 5.41) is 0. The number of hydrogen-bond donors (Lipinski definition) is 1. The smallest absolute Gasteiger partial charge is 0.254 e. The monoisotopic (exact) mass is 262 g/mol. The highest BCUT2D eigenvalue weighted by atomic mass is 19.1. The summed E-state index contributed by atoms with van der Waals surface area (Å²) in [4.78, 5) is 13.6. The van der Waals surface area contributed by atoms with E-state index in [4.69, 9.17) is 10.2 Å². The lowest BCUT2D eigenvalue weighted by molar-refractivity contribution is 0.0775. The Kier molecular flexibility index (Phi) is 3.55. The molecule has 1 heterocycles. The third kappa shape index (κ3) is 2.76. The molecule has 0 saturated carbocycles. The molecule has 2 rings (SSSR count). The van der Waals surface area contributed by atoms with Crippen LogP contribution in [-0.2, 0) is 6.54 Å². The van der Waals surface area contributed by atoms with Crippen molar-refractivity contribution in [3.8, 4) is 0 Å². The Morgan fingerprint density at radius 2 is 2.21 bits per heavy atom. The number of nitrogens with zero attached hydrogens (tertiary/aromatic N) is 1. The first-order valence-electron chi connectivity index (χ1n) is 5.82. The maximum Gasteiger partial charge on any atom is 0.254 e. The van der Waals surface area contributed by atoms with Gasteiger partial charge in [-0.15, -0.1) is 0 Å². The Labute approximate surface area is 110 Å². The maximum atomic E-state index is 13.6. The fraction of sp³-hybridized carbons (Fsp3) is 0.214. The molecule has 0 fully saturated rings. The molecule has 19 heavy (non-hydrogen) atoms. The largest absolute Gasteiger partial charge is 0.467 e. The number of amides is 1. The van der Waals surface area contributed by atoms with E-state index in [1.54, 1.807) is 26.1 Å². The molecule has 2 aromatic rings. The highest BCUT2D eigenvalue weighted by Crippen LogP contribution is 2.19. The quantitative estimate of drug-likeness (QED) is 0.865. The van der Waals surface area contributed by atoms with E-state index in [1.807, 2.05) is 0 Å². The van der Waals surface area contributed by atoms with E-state index in [-0.39, 0.29) is 17.2 Å². The lowest BCUT2D eigenvalue weighted by atomic mass is 10.1. The molecule has 4 nitrogen and oxygen atoms in total. The van der Waals surface area contributed by atoms with E-state index in [9.17, 15) is 9.18 Å². The number of furan rings is 1. The summed E-state index contributed by atoms with van der Waals surface area (Å²) in [6.45, 7) is 1.90. The Morgan fingerprint density at radius 3 is 2.79 bits per heavy atom. The van der Waals surface area contributed by atoms with Gasteiger partial charge in [-0.2, -0.15) is 0 Å². The zero-order chi connectivity index (χ0) is 14.0. The number of nitrogens with two attached hydrogens (primary N) is 1. The Hall–Kier alpha value is -2.30. The molecule has 0 aliphatic rings. The fourth-order valence-electron chi connectivity index (χ4n) is 1.75. The Bertz CT molecular complexity index is 570. The van der Waals surface area contributed by atoms with Crippen molar-refractivity contribution in [2.24, 2.45) is 0 Å². The van der Waals surface area contributed by atoms with Crippen molar-refractivity contribution in [1.82, 2.24) is 4.90 Å². The van der Waals surface area contributed by atoms with Gasteiger partial charge in [-0.3, -0.25) is 4.79 Å². The molecule has 0 aliphatic carbocycles. The second-order valence-electron chi connectivity index (χ2n) is 4.41. The third-order valence-electron chi connectivity index (χ3n) is 2.95. The molecule has 0 radical (unpaired) electrons. The first kappa shape index (κ1) is 13.1. The number of rotatable bonds is 3. The summed E-state index contributed by atoms with van der Waals surface area (Å²) in [5.74, 6) is -0.117. The molecule has 2 N–H and O–H groups in total. The second-order valence-corrected chi connectivity index (χ2v) is 4.41. The number of halogens is 1. The standard InChI is InChI=1S/C14H15FN2O2/c1-9-12(15)6-10(7-13(9)16)14(18)17(2)8-11-4-3-5-19-11/h3-7H,8,16H2,1-2H3. The molecular formula is C14H15FN2O2. The molecule has 1 aromatic carbocycles. The number of carbonyl (C=O) groups is 1. The second kappa shape index (κ2) is 5.14. The van der Waals surface area contributed by atoms with E-state index >= 15 is 0 Å². The summed E-state index contributed by atoms with van der Waals surface area (Å²) >= 11 is 0. The van der Waals surface area contributed by atoms with E-state index < -0.39 is 5.82 Å². The van der Waals surface area contributed by atoms with Crippen molar-refractivity contribution in [2.75, 3.05) is 12.8 Å². The summed E-state index contributed by atoms with van der Waals surface area (Å²) in [6.07, 6.45) is 1.54. The normalized spacial score (nSPS) is 10.5. The number of benzene rings is 1. The number of carbonyl (C=O) groups excluding carboxylic acids is 1. The molecule has 0 atom stereocenters. The van der Waals surface area contributed by atoms with E-state index in [1.165, 1.54) is 23.3 Å². The first-order valence-corrected chi connectivity index (χ1v) is 5.82. The van der Waals surface area contributed by atoms with Crippen LogP contribution in [0.15, 0.2) is 34.9 Å². The third-order valence-corrected chi connectivity index (χ3v) is 2.95. The van der Waals surface area contributed by atoms with Crippen LogP contribution < -0.4 is 5.73 Å². The molecule has 5 heteroatoms. The van der Waals surface area contributed by atoms with Crippen molar-refractivity contribution >= 4 is 11.6 Å². The van der Waals surface area contributed by atoms with Gasteiger partial charge in [0.2, 0.25) is 0 Å². The van der Waals surface area contributed by atoms with Crippen molar-refractivity contribution in [3.05, 3.63) is 53.2 Å². The molecule has 0 spiro atoms. The van der Waals surface area contributed by atoms with Crippen molar-refractivity contribution in [3.63, 3.8) is 0 Å². The van der Waals surface area contributed by atoms with Gasteiger partial charge in [-0.25, -0.2) is 4.39 Å². The molecule has 1 aromatic heterocycles. The summed E-state index contributed by atoms with van der Waals surface area (Å²) < 4.78 is 18.7. The highest BCUT2D eigenvalue weighted by molar-refractivity contribution is 5.95. The molecular weight excluding hydrogens is 247 g/mol. The topological polar surface area (TPSA) is 59.5 Å². The first-order chi connectivity index (χ1) is 8.99. The summed E-state index contributed by atoms with van der Waals surface area (Å²) in [7, 11) is 1.62. The van der Waals surface area contributed by atoms with Gasteiger partial charge in [0, 0.05) is 23.9 Å². The number of anilines is 1. The molecule has 0 aliphatic heterocycles. The predicted octanol–water partition coefficient (Wildman–Crippen LogP) is 2.58. The Balaban J connectivity index is 2.19. The highest BCUT2D eigenvalue weighted by Gasteiger charge is 2.16. The average molecular weight is 262 g/mol. The van der Waals surface area contributed by atoms with E-state index in [2.05, 4.69) is 0 Å². The van der Waals surface area contributed by atoms with Crippen LogP contribution in [-0.4, -0.2) is 17.9 Å². The van der Waals surface area contributed by atoms with Gasteiger partial charge in [-0.05, 0) is 31.2 Å². The van der Waals surface area contributed by atoms with E-state index in [0.717, 1.165) is 0 Å². The van der Waals surface area contributed by atoms with Crippen LogP contribution in [0.25, 0.3) is 0 Å². The predicted molar refractivity (Wildman–Crippen MR) is 70.1 cm³/mol. The van der Waals surface area contributed by atoms with Crippen LogP contribution in [0.3, 0.4) is 0 Å². The summed E-state index contributed by atoms with van der Waals surface area (Å²) in [5.41, 5.74) is 6.52. The maximum absolute atomic E-state index is 13.6. The van der Waals surface area contributed by atoms with Gasteiger partial charge in [0.05, 0.1) is 12.8 Å². The minimum Gasteiger partial charge on any atom is -0.467 e. The average Bonchev–Trinajstić information content (AvgIpc) is 2.87. The van der Waals surface area contributed by atoms with Crippen LogP contribution in [0, 0.1) is 12.7 Å². The van der Waals surface area contributed by atoms with Gasteiger partial charge in [0.15, 0.2) is 0 Å². The lowest BCUT2D eigenvalue weighted by Gasteiger charge is -2.16. The summed E-state index contributed by atoms with van der Waals surface area (Å²) in [6, 6.07) is 6.21. The van der Waals surface area contributed by atoms with Gasteiger partial charge in [0.25, 0.3) is 5.91 Å². The van der Waals surface area contributed by atoms with Crippen LogP contribution >= 0.6 is 0 Å². The van der Waals surface area contributed by atoms with Crippen LogP contribution in [0.2, 0.25) is 0 Å². The van der Waals surface area contributed by atoms with Gasteiger partial charge < -0.3 is 15.1 Å². The van der Waals surface area contributed by atoms with Crippen LogP contribution in [0.1, 0.15) is 21.7 Å². The lowest BCUT2D eigenvalue weighted by Crippen LogP contribution is -2.26. The fourth-order valence-corrected chi connectivity index (χ4v) is 1.75. The minimum atomic E-state index is -0.477. The van der Waals surface area contributed by atoms with Crippen LogP contribution in [0.4, 0.5) is 10.1 Å². The number of nitrogen functional groups attached to an aromatic ring is 1. The van der Waals surface area contributed by atoms with Gasteiger partial charge >= 0.3 is 0 Å². The van der Waals surface area contributed by atoms with Crippen LogP contribution in [0.5, 0.6) is 0 Å². The zero-order valence-corrected chi connectivity index (χ0v) is 10.8. The van der Waals surface area contributed by atoms with Crippen molar-refractivity contribution < 1.29 is 13.6 Å². The SMILES string of the molecule is Cc1c(N)cc(C(=O)N(C)Cc2ccco2)cc1F. The zero-order valence-electron chi connectivity index (χ0n) is 10.8. The van der Waals surface area contributed by atoms with Crippen molar-refractivity contribution in [2.45, 2.75) is 13.5 Å². The minimum absolute atomic E-state index is 0.231. The molecule has 0 unspecified atom stereocenters. The van der Waals surface area contributed by atoms with E-state index in [0.29, 0.717) is 17.9 Å². The molecule has 100 valence electrons. The molecule has 0 saturated heterocycles. The number of hydrogen-bond acceptors (Lipinski definition) is 3. The molecule has 1 amide bonds. The van der Waals surface area contributed by atoms with Gasteiger partial charge in [-0.1, -0.05) is 0 Å². The van der Waals surface area contributed by atoms with Crippen molar-refractivity contribution in [1.29, 1.82) is 0 Å². The van der Waals surface area contributed by atoms with Gasteiger partial charge in [0.1, 0.15) is 11.6 Å².